The molecule has 0 spiro atoms. The van der Waals surface area contributed by atoms with E-state index in [0.29, 0.717) is 22.3 Å². The predicted octanol–water partition coefficient (Wildman–Crippen LogP) is 2.18. The Bertz CT molecular complexity index is 613. The molecule has 1 aliphatic rings. The first-order chi connectivity index (χ1) is 11.1. The number of thioether (sulfide) groups is 1. The number of aliphatic hydroxyl groups excluding tert-OH is 1. The van der Waals surface area contributed by atoms with Crippen molar-refractivity contribution in [1.82, 2.24) is 9.80 Å². The lowest BCUT2D eigenvalue weighted by Crippen LogP contribution is -2.37. The number of carbonyl (C=O) groups is 2. The summed E-state index contributed by atoms with van der Waals surface area (Å²) in [5, 5.41) is 10.9. The van der Waals surface area contributed by atoms with Gasteiger partial charge in [-0.3, -0.25) is 14.5 Å². The Morgan fingerprint density at radius 2 is 2.30 bits per heavy atom. The molecule has 0 unspecified atom stereocenters. The van der Waals surface area contributed by atoms with Crippen LogP contribution in [0.25, 0.3) is 6.08 Å². The highest BCUT2D eigenvalue weighted by Gasteiger charge is 2.32. The van der Waals surface area contributed by atoms with E-state index in [9.17, 15) is 9.59 Å². The molecule has 0 radical (unpaired) electrons. The number of likely N-dealkylation sites (N-methyl/N-ethyl adjacent to an activating group) is 1. The predicted molar refractivity (Wildman–Crippen MR) is 98.2 cm³/mol. The summed E-state index contributed by atoms with van der Waals surface area (Å²) in [6, 6.07) is 3.87. The number of thiophene rings is 1. The minimum Gasteiger partial charge on any atom is -0.395 e. The fraction of sp³-hybridized carbons (Fsp3) is 0.400. The third kappa shape index (κ3) is 4.63. The quantitative estimate of drug-likeness (QED) is 0.589. The highest BCUT2D eigenvalue weighted by Crippen LogP contribution is 2.33. The van der Waals surface area contributed by atoms with E-state index in [2.05, 4.69) is 0 Å². The van der Waals surface area contributed by atoms with Gasteiger partial charge in [0.25, 0.3) is 5.91 Å². The van der Waals surface area contributed by atoms with Gasteiger partial charge < -0.3 is 10.0 Å². The van der Waals surface area contributed by atoms with E-state index >= 15 is 0 Å². The Labute approximate surface area is 149 Å². The summed E-state index contributed by atoms with van der Waals surface area (Å²) >= 11 is 8.08. The number of hydrogen-bond donors (Lipinski definition) is 1. The fourth-order valence-corrected chi connectivity index (χ4v) is 4.17. The number of nitrogens with zero attached hydrogens (tertiary/aromatic N) is 2. The molecule has 8 heteroatoms. The first kappa shape index (κ1) is 18.1. The molecule has 2 amide bonds. The van der Waals surface area contributed by atoms with Crippen molar-refractivity contribution < 1.29 is 14.7 Å². The summed E-state index contributed by atoms with van der Waals surface area (Å²) in [4.78, 5) is 29.1. The van der Waals surface area contributed by atoms with Crippen molar-refractivity contribution in [1.29, 1.82) is 0 Å². The van der Waals surface area contributed by atoms with Gasteiger partial charge >= 0.3 is 0 Å². The van der Waals surface area contributed by atoms with Gasteiger partial charge in [-0.2, -0.15) is 0 Å². The minimum atomic E-state index is -0.147. The molecule has 124 valence electrons. The van der Waals surface area contributed by atoms with Crippen molar-refractivity contribution in [2.75, 3.05) is 26.2 Å². The van der Waals surface area contributed by atoms with E-state index in [1.807, 2.05) is 30.5 Å². The summed E-state index contributed by atoms with van der Waals surface area (Å²) in [6.07, 6.45) is 2.03. The number of amides is 2. The van der Waals surface area contributed by atoms with Crippen LogP contribution in [0.1, 0.15) is 18.2 Å². The van der Waals surface area contributed by atoms with Crippen LogP contribution in [0, 0.1) is 0 Å². The molecule has 0 bridgehead atoms. The lowest BCUT2D eigenvalue weighted by Gasteiger charge is -2.21. The molecular weight excluding hydrogens is 352 g/mol. The standard InChI is InChI=1S/C15H18N2O3S3/c1-2-16(7-8-18)13(19)5-6-17-14(20)12(23-15(17)21)10-11-4-3-9-22-11/h3-4,9-10,18H,2,5-8H2,1H3/b12-10-. The zero-order valence-electron chi connectivity index (χ0n) is 12.7. The van der Waals surface area contributed by atoms with Crippen LogP contribution in [-0.2, 0) is 9.59 Å². The van der Waals surface area contributed by atoms with Crippen LogP contribution in [0.2, 0.25) is 0 Å². The van der Waals surface area contributed by atoms with E-state index in [-0.39, 0.29) is 31.4 Å². The molecule has 23 heavy (non-hydrogen) atoms. The Morgan fingerprint density at radius 1 is 1.52 bits per heavy atom. The molecule has 1 saturated heterocycles. The Kier molecular flexibility index (Phi) is 6.76. The largest absolute Gasteiger partial charge is 0.395 e. The Morgan fingerprint density at radius 3 is 2.91 bits per heavy atom. The lowest BCUT2D eigenvalue weighted by molar-refractivity contribution is -0.132. The van der Waals surface area contributed by atoms with E-state index in [1.54, 1.807) is 16.2 Å². The number of aliphatic hydroxyl groups is 1. The number of hydrogen-bond acceptors (Lipinski definition) is 6. The molecule has 0 aromatic carbocycles. The van der Waals surface area contributed by atoms with Crippen LogP contribution < -0.4 is 0 Å². The molecular formula is C15H18N2O3S3. The third-order valence-electron chi connectivity index (χ3n) is 3.34. The molecule has 1 aromatic rings. The summed E-state index contributed by atoms with van der Waals surface area (Å²) in [7, 11) is 0. The van der Waals surface area contributed by atoms with E-state index in [1.165, 1.54) is 16.7 Å². The van der Waals surface area contributed by atoms with E-state index in [0.717, 1.165) is 4.88 Å². The van der Waals surface area contributed by atoms with E-state index < -0.39 is 0 Å². The molecule has 1 aliphatic heterocycles. The molecule has 0 saturated carbocycles. The van der Waals surface area contributed by atoms with Crippen molar-refractivity contribution in [3.05, 3.63) is 27.3 Å². The summed E-state index contributed by atoms with van der Waals surface area (Å²) in [6.45, 7) is 2.91. The second kappa shape index (κ2) is 8.58. The summed E-state index contributed by atoms with van der Waals surface area (Å²) in [5.74, 6) is -0.232. The van der Waals surface area contributed by atoms with Gasteiger partial charge in [0.15, 0.2) is 0 Å². The monoisotopic (exact) mass is 370 g/mol. The zero-order chi connectivity index (χ0) is 16.8. The molecule has 5 nitrogen and oxygen atoms in total. The van der Waals surface area contributed by atoms with Gasteiger partial charge in [0.1, 0.15) is 4.32 Å². The molecule has 1 aromatic heterocycles. The van der Waals surface area contributed by atoms with E-state index in [4.69, 9.17) is 17.3 Å². The zero-order valence-corrected chi connectivity index (χ0v) is 15.2. The van der Waals surface area contributed by atoms with Gasteiger partial charge in [-0.25, -0.2) is 0 Å². The van der Waals surface area contributed by atoms with Crippen LogP contribution in [0.3, 0.4) is 0 Å². The third-order valence-corrected chi connectivity index (χ3v) is 5.54. The maximum absolute atomic E-state index is 12.4. The molecule has 0 aliphatic carbocycles. The van der Waals surface area contributed by atoms with Crippen LogP contribution in [-0.4, -0.2) is 57.3 Å². The lowest BCUT2D eigenvalue weighted by atomic mass is 10.3. The molecule has 2 rings (SSSR count). The van der Waals surface area contributed by atoms with Gasteiger partial charge in [0, 0.05) is 30.9 Å². The minimum absolute atomic E-state index is 0.0653. The smallest absolute Gasteiger partial charge is 0.266 e. The molecule has 0 atom stereocenters. The van der Waals surface area contributed by atoms with Crippen molar-refractivity contribution in [3.8, 4) is 0 Å². The van der Waals surface area contributed by atoms with Gasteiger partial charge in [-0.15, -0.1) is 11.3 Å². The van der Waals surface area contributed by atoms with Crippen molar-refractivity contribution >= 4 is 57.5 Å². The maximum atomic E-state index is 12.4. The topological polar surface area (TPSA) is 60.9 Å². The van der Waals surface area contributed by atoms with Crippen LogP contribution in [0.4, 0.5) is 0 Å². The van der Waals surface area contributed by atoms with Crippen molar-refractivity contribution in [2.24, 2.45) is 0 Å². The number of rotatable bonds is 7. The van der Waals surface area contributed by atoms with Gasteiger partial charge in [-0.05, 0) is 24.4 Å². The van der Waals surface area contributed by atoms with Gasteiger partial charge in [0.2, 0.25) is 5.91 Å². The molecule has 2 heterocycles. The van der Waals surface area contributed by atoms with Gasteiger partial charge in [0.05, 0.1) is 11.5 Å². The maximum Gasteiger partial charge on any atom is 0.266 e. The van der Waals surface area contributed by atoms with Crippen LogP contribution >= 0.6 is 35.3 Å². The van der Waals surface area contributed by atoms with Crippen LogP contribution in [0.5, 0.6) is 0 Å². The second-order valence-corrected chi connectivity index (χ2v) is 7.45. The Hall–Kier alpha value is -1.22. The first-order valence-electron chi connectivity index (χ1n) is 7.24. The average Bonchev–Trinajstić information content (AvgIpc) is 3.12. The van der Waals surface area contributed by atoms with Crippen LogP contribution in [0.15, 0.2) is 22.4 Å². The highest BCUT2D eigenvalue weighted by atomic mass is 32.2. The fourth-order valence-electron chi connectivity index (χ4n) is 2.14. The number of carbonyl (C=O) groups excluding carboxylic acids is 2. The number of thiocarbonyl (C=S) groups is 1. The molecule has 1 N–H and O–H groups in total. The first-order valence-corrected chi connectivity index (χ1v) is 9.34. The SMILES string of the molecule is CCN(CCO)C(=O)CCN1C(=O)/C(=C/c2cccs2)SC1=S. The van der Waals surface area contributed by atoms with Crippen molar-refractivity contribution in [2.45, 2.75) is 13.3 Å². The summed E-state index contributed by atoms with van der Waals surface area (Å²) in [5.41, 5.74) is 0. The Balaban J connectivity index is 1.97. The van der Waals surface area contributed by atoms with Crippen molar-refractivity contribution in [3.63, 3.8) is 0 Å². The second-order valence-electron chi connectivity index (χ2n) is 4.80. The average molecular weight is 371 g/mol. The molecule has 1 fully saturated rings. The van der Waals surface area contributed by atoms with Gasteiger partial charge in [-0.1, -0.05) is 30.0 Å². The summed E-state index contributed by atoms with van der Waals surface area (Å²) < 4.78 is 0.482. The highest BCUT2D eigenvalue weighted by molar-refractivity contribution is 8.26. The normalized spacial score (nSPS) is 16.4.